The number of ether oxygens (including phenoxy) is 1. The van der Waals surface area contributed by atoms with E-state index in [0.29, 0.717) is 11.3 Å². The van der Waals surface area contributed by atoms with Crippen LogP contribution in [-0.2, 0) is 17.8 Å². The zero-order chi connectivity index (χ0) is 19.2. The van der Waals surface area contributed by atoms with Gasteiger partial charge in [-0.05, 0) is 19.1 Å². The topological polar surface area (TPSA) is 51.2 Å². The molecule has 7 heteroatoms. The van der Waals surface area contributed by atoms with Gasteiger partial charge in [0.2, 0.25) is 5.91 Å². The molecule has 3 aromatic rings. The molecule has 0 fully saturated rings. The summed E-state index contributed by atoms with van der Waals surface area (Å²) in [6, 6.07) is 14.4. The molecular weight excluding hydrogens is 370 g/mol. The molecule has 3 rings (SSSR count). The molecule has 1 aromatic heterocycles. The fourth-order valence-corrected chi connectivity index (χ4v) is 3.40. The second kappa shape index (κ2) is 8.73. The molecule has 0 aliphatic rings. The molecule has 0 aliphatic heterocycles. The fourth-order valence-electron chi connectivity index (χ4n) is 2.58. The first-order chi connectivity index (χ1) is 13.0. The fraction of sp³-hybridized carbons (Fsp3) is 0.200. The first-order valence-corrected chi connectivity index (χ1v) is 9.20. The molecule has 1 N–H and O–H groups in total. The van der Waals surface area contributed by atoms with Crippen molar-refractivity contribution in [3.63, 3.8) is 0 Å². The van der Waals surface area contributed by atoms with Gasteiger partial charge < -0.3 is 10.1 Å². The van der Waals surface area contributed by atoms with Crippen molar-refractivity contribution in [2.75, 3.05) is 0 Å². The van der Waals surface area contributed by atoms with Gasteiger partial charge in [0, 0.05) is 23.1 Å². The second-order valence-corrected chi connectivity index (χ2v) is 6.81. The molecule has 0 atom stereocenters. The van der Waals surface area contributed by atoms with Crippen molar-refractivity contribution >= 4 is 17.2 Å². The number of nitrogens with zero attached hydrogens (tertiary/aromatic N) is 1. The standard InChI is InChI=1S/C20H18F2N2O2S/c1-13-5-4-7-14(9-13)19-24-16(12-27-19)10-18(25)23-11-15-6-2-3-8-17(15)26-20(21)22/h2-9,12,20H,10-11H2,1H3,(H,23,25). The molecule has 140 valence electrons. The van der Waals surface area contributed by atoms with Gasteiger partial charge in [-0.3, -0.25) is 4.79 Å². The van der Waals surface area contributed by atoms with Crippen LogP contribution in [-0.4, -0.2) is 17.5 Å². The van der Waals surface area contributed by atoms with E-state index in [0.717, 1.165) is 16.1 Å². The number of nitrogens with one attached hydrogen (secondary N) is 1. The van der Waals surface area contributed by atoms with Gasteiger partial charge in [-0.2, -0.15) is 8.78 Å². The number of thiazole rings is 1. The van der Waals surface area contributed by atoms with Gasteiger partial charge in [0.05, 0.1) is 12.1 Å². The zero-order valence-electron chi connectivity index (χ0n) is 14.6. The van der Waals surface area contributed by atoms with Gasteiger partial charge in [0.15, 0.2) is 0 Å². The minimum Gasteiger partial charge on any atom is -0.434 e. The monoisotopic (exact) mass is 388 g/mol. The summed E-state index contributed by atoms with van der Waals surface area (Å²) in [7, 11) is 0. The normalized spacial score (nSPS) is 10.8. The van der Waals surface area contributed by atoms with Crippen molar-refractivity contribution in [3.8, 4) is 16.3 Å². The molecule has 0 bridgehead atoms. The molecule has 0 saturated carbocycles. The largest absolute Gasteiger partial charge is 0.434 e. The van der Waals surface area contributed by atoms with Gasteiger partial charge in [-0.15, -0.1) is 11.3 Å². The first-order valence-electron chi connectivity index (χ1n) is 8.32. The Hall–Kier alpha value is -2.80. The maximum absolute atomic E-state index is 12.4. The Bertz CT molecular complexity index is 928. The summed E-state index contributed by atoms with van der Waals surface area (Å²) in [6.45, 7) is -0.783. The van der Waals surface area contributed by atoms with Gasteiger partial charge in [-0.1, -0.05) is 42.0 Å². The predicted octanol–water partition coefficient (Wildman–Crippen LogP) is 4.58. The Labute approximate surface area is 159 Å². The molecule has 1 heterocycles. The lowest BCUT2D eigenvalue weighted by Crippen LogP contribution is -2.25. The number of aryl methyl sites for hydroxylation is 1. The van der Waals surface area contributed by atoms with Crippen molar-refractivity contribution in [2.24, 2.45) is 0 Å². The molecule has 2 aromatic carbocycles. The van der Waals surface area contributed by atoms with E-state index in [4.69, 9.17) is 0 Å². The van der Waals surface area contributed by atoms with E-state index < -0.39 is 6.61 Å². The van der Waals surface area contributed by atoms with Gasteiger partial charge >= 0.3 is 6.61 Å². The highest BCUT2D eigenvalue weighted by atomic mass is 32.1. The van der Waals surface area contributed by atoms with Crippen LogP contribution in [0.5, 0.6) is 5.75 Å². The van der Waals surface area contributed by atoms with Crippen LogP contribution in [0.1, 0.15) is 16.8 Å². The first kappa shape index (κ1) is 19.0. The maximum atomic E-state index is 12.4. The smallest absolute Gasteiger partial charge is 0.387 e. The predicted molar refractivity (Wildman–Crippen MR) is 101 cm³/mol. The summed E-state index contributed by atoms with van der Waals surface area (Å²) >= 11 is 1.48. The summed E-state index contributed by atoms with van der Waals surface area (Å²) < 4.78 is 29.3. The summed E-state index contributed by atoms with van der Waals surface area (Å²) in [5.74, 6) is -0.175. The number of amides is 1. The molecule has 0 saturated heterocycles. The van der Waals surface area contributed by atoms with Crippen LogP contribution in [0.15, 0.2) is 53.9 Å². The third kappa shape index (κ3) is 5.34. The average Bonchev–Trinajstić information content (AvgIpc) is 3.09. The number of halogens is 2. The molecule has 27 heavy (non-hydrogen) atoms. The lowest BCUT2D eigenvalue weighted by molar-refractivity contribution is -0.120. The Balaban J connectivity index is 1.59. The number of carbonyl (C=O) groups is 1. The number of benzene rings is 2. The van der Waals surface area contributed by atoms with E-state index in [2.05, 4.69) is 15.0 Å². The Morgan fingerprint density at radius 3 is 2.81 bits per heavy atom. The lowest BCUT2D eigenvalue weighted by Gasteiger charge is -2.11. The van der Waals surface area contributed by atoms with Gasteiger partial charge in [0.25, 0.3) is 0 Å². The number of aromatic nitrogens is 1. The third-order valence-electron chi connectivity index (χ3n) is 3.82. The third-order valence-corrected chi connectivity index (χ3v) is 4.76. The summed E-state index contributed by atoms with van der Waals surface area (Å²) in [5, 5.41) is 5.43. The molecule has 0 aliphatic carbocycles. The van der Waals surface area contributed by atoms with Crippen molar-refractivity contribution < 1.29 is 18.3 Å². The van der Waals surface area contributed by atoms with E-state index in [-0.39, 0.29) is 24.6 Å². The Morgan fingerprint density at radius 2 is 2.04 bits per heavy atom. The van der Waals surface area contributed by atoms with E-state index in [1.54, 1.807) is 18.2 Å². The van der Waals surface area contributed by atoms with Crippen molar-refractivity contribution in [2.45, 2.75) is 26.5 Å². The van der Waals surface area contributed by atoms with E-state index >= 15 is 0 Å². The van der Waals surface area contributed by atoms with Crippen LogP contribution in [0.2, 0.25) is 0 Å². The van der Waals surface area contributed by atoms with Crippen molar-refractivity contribution in [3.05, 3.63) is 70.7 Å². The van der Waals surface area contributed by atoms with E-state index in [1.807, 2.05) is 36.6 Å². The summed E-state index contributed by atoms with van der Waals surface area (Å²) in [4.78, 5) is 16.7. The number of carbonyl (C=O) groups excluding carboxylic acids is 1. The van der Waals surface area contributed by atoms with Crippen LogP contribution in [0, 0.1) is 6.92 Å². The SMILES string of the molecule is Cc1cccc(-c2nc(CC(=O)NCc3ccccc3OC(F)F)cs2)c1. The van der Waals surface area contributed by atoms with Crippen LogP contribution >= 0.6 is 11.3 Å². The molecule has 0 spiro atoms. The molecule has 0 unspecified atom stereocenters. The Kier molecular flexibility index (Phi) is 6.13. The number of rotatable bonds is 7. The number of hydrogen-bond donors (Lipinski definition) is 1. The maximum Gasteiger partial charge on any atom is 0.387 e. The quantitative estimate of drug-likeness (QED) is 0.645. The second-order valence-electron chi connectivity index (χ2n) is 5.95. The van der Waals surface area contributed by atoms with E-state index in [1.165, 1.54) is 17.4 Å². The lowest BCUT2D eigenvalue weighted by atomic mass is 10.1. The summed E-state index contributed by atoms with van der Waals surface area (Å²) in [5.41, 5.74) is 3.33. The van der Waals surface area contributed by atoms with Gasteiger partial charge in [0.1, 0.15) is 10.8 Å². The highest BCUT2D eigenvalue weighted by Gasteiger charge is 2.12. The highest BCUT2D eigenvalue weighted by molar-refractivity contribution is 7.13. The highest BCUT2D eigenvalue weighted by Crippen LogP contribution is 2.25. The minimum absolute atomic E-state index is 0.0585. The van der Waals surface area contributed by atoms with Crippen LogP contribution in [0.3, 0.4) is 0 Å². The van der Waals surface area contributed by atoms with Crippen LogP contribution < -0.4 is 10.1 Å². The average molecular weight is 388 g/mol. The van der Waals surface area contributed by atoms with Crippen LogP contribution in [0.4, 0.5) is 8.78 Å². The van der Waals surface area contributed by atoms with Crippen molar-refractivity contribution in [1.82, 2.24) is 10.3 Å². The molecular formula is C20H18F2N2O2S. The minimum atomic E-state index is -2.91. The molecule has 4 nitrogen and oxygen atoms in total. The number of hydrogen-bond acceptors (Lipinski definition) is 4. The van der Waals surface area contributed by atoms with E-state index in [9.17, 15) is 13.6 Å². The zero-order valence-corrected chi connectivity index (χ0v) is 15.4. The van der Waals surface area contributed by atoms with Crippen molar-refractivity contribution in [1.29, 1.82) is 0 Å². The molecule has 0 radical (unpaired) electrons. The van der Waals surface area contributed by atoms with Crippen LogP contribution in [0.25, 0.3) is 10.6 Å². The van der Waals surface area contributed by atoms with Gasteiger partial charge in [-0.25, -0.2) is 4.98 Å². The Morgan fingerprint density at radius 1 is 1.22 bits per heavy atom. The number of para-hydroxylation sites is 1. The summed E-state index contributed by atoms with van der Waals surface area (Å²) in [6.07, 6.45) is 0.125. The number of alkyl halides is 2. The molecule has 1 amide bonds.